The zero-order valence-corrected chi connectivity index (χ0v) is 7.35. The predicted octanol–water partition coefficient (Wildman–Crippen LogP) is 0.717. The van der Waals surface area contributed by atoms with E-state index in [4.69, 9.17) is 5.14 Å². The van der Waals surface area contributed by atoms with E-state index in [0.29, 0.717) is 0 Å². The molecule has 3 nitrogen and oxygen atoms in total. The molecule has 0 aliphatic heterocycles. The third kappa shape index (κ3) is 1.33. The van der Waals surface area contributed by atoms with E-state index in [1.165, 1.54) is 0 Å². The number of hydrogen-bond acceptors (Lipinski definition) is 2. The lowest BCUT2D eigenvalue weighted by molar-refractivity contribution is 0.784. The quantitative estimate of drug-likeness (QED) is 0.656. The normalized spacial score (nSPS) is 13.6. The second-order valence-electron chi connectivity index (χ2n) is 2.73. The van der Waals surface area contributed by atoms with Crippen LogP contribution in [0.5, 0.6) is 0 Å². The van der Waals surface area contributed by atoms with Crippen LogP contribution < -0.4 is 5.14 Å². The molecule has 0 unspecified atom stereocenters. The Bertz CT molecular complexity index is 223. The summed E-state index contributed by atoms with van der Waals surface area (Å²) in [5.74, 6) is 0. The minimum absolute atomic E-state index is 0.993. The van der Waals surface area contributed by atoms with Crippen LogP contribution in [-0.2, 0) is 7.05 Å². The molecule has 1 aromatic rings. The van der Waals surface area contributed by atoms with E-state index in [1.807, 2.05) is 30.3 Å². The van der Waals surface area contributed by atoms with Gasteiger partial charge in [-0.2, -0.15) is 0 Å². The smallest absolute Gasteiger partial charge is 0.161 e. The van der Waals surface area contributed by atoms with Crippen molar-refractivity contribution >= 4 is 10.2 Å². The van der Waals surface area contributed by atoms with Crippen molar-refractivity contribution in [2.75, 3.05) is 12.5 Å². The number of aryl methyl sites for hydroxylation is 1. The largest absolute Gasteiger partial charge is 0.329 e. The molecule has 0 fully saturated rings. The molecule has 2 N–H and O–H groups in total. The van der Waals surface area contributed by atoms with Gasteiger partial charge in [0.15, 0.2) is 5.16 Å². The highest BCUT2D eigenvalue weighted by atomic mass is 32.3. The summed E-state index contributed by atoms with van der Waals surface area (Å²) in [7, 11) is 0.824. The Morgan fingerprint density at radius 1 is 1.60 bits per heavy atom. The summed E-state index contributed by atoms with van der Waals surface area (Å²) in [6, 6.07) is 0. The van der Waals surface area contributed by atoms with E-state index >= 15 is 0 Å². The monoisotopic (exact) mass is 159 g/mol. The van der Waals surface area contributed by atoms with Gasteiger partial charge in [-0.1, -0.05) is 0 Å². The third-order valence-electron chi connectivity index (χ3n) is 1.25. The first-order chi connectivity index (χ1) is 4.52. The molecule has 0 aliphatic carbocycles. The second-order valence-corrected chi connectivity index (χ2v) is 5.90. The Morgan fingerprint density at radius 3 is 2.40 bits per heavy atom. The Hall–Kier alpha value is -0.480. The van der Waals surface area contributed by atoms with E-state index in [1.54, 1.807) is 6.20 Å². The predicted molar refractivity (Wildman–Crippen MR) is 45.1 cm³/mol. The Morgan fingerprint density at radius 2 is 2.20 bits per heavy atom. The number of hydrogen-bond donors (Lipinski definition) is 1. The summed E-state index contributed by atoms with van der Waals surface area (Å²) in [5, 5.41) is 6.90. The van der Waals surface area contributed by atoms with Crippen LogP contribution in [0.3, 0.4) is 0 Å². The first-order valence-corrected chi connectivity index (χ1v) is 5.51. The van der Waals surface area contributed by atoms with Crippen molar-refractivity contribution in [2.24, 2.45) is 12.2 Å². The van der Waals surface area contributed by atoms with Gasteiger partial charge in [0.05, 0.1) is 0 Å². The average molecular weight is 159 g/mol. The number of imidazole rings is 1. The molecule has 0 amide bonds. The minimum Gasteiger partial charge on any atom is -0.329 e. The highest BCUT2D eigenvalue weighted by Crippen LogP contribution is 2.38. The average Bonchev–Trinajstić information content (AvgIpc) is 2.11. The summed E-state index contributed by atoms with van der Waals surface area (Å²) in [6.07, 6.45) is 7.73. The fourth-order valence-electron chi connectivity index (χ4n) is 0.859. The summed E-state index contributed by atoms with van der Waals surface area (Å²) in [6.45, 7) is 0. The molecular weight excluding hydrogens is 146 g/mol. The van der Waals surface area contributed by atoms with Gasteiger partial charge in [0.1, 0.15) is 0 Å². The molecule has 0 saturated carbocycles. The second kappa shape index (κ2) is 2.29. The molecule has 0 radical (unpaired) electrons. The van der Waals surface area contributed by atoms with Crippen LogP contribution in [0.2, 0.25) is 0 Å². The molecule has 1 rings (SSSR count). The topological polar surface area (TPSA) is 43.8 Å². The van der Waals surface area contributed by atoms with Crippen LogP contribution in [0.15, 0.2) is 17.6 Å². The van der Waals surface area contributed by atoms with Gasteiger partial charge >= 0.3 is 0 Å². The number of nitrogens with zero attached hydrogens (tertiary/aromatic N) is 2. The fraction of sp³-hybridized carbons (Fsp3) is 0.500. The molecular formula is C6H13N3S. The molecule has 0 bridgehead atoms. The lowest BCUT2D eigenvalue weighted by Gasteiger charge is -2.23. The third-order valence-corrected chi connectivity index (χ3v) is 2.58. The lowest BCUT2D eigenvalue weighted by atomic mass is 10.9. The van der Waals surface area contributed by atoms with Gasteiger partial charge < -0.3 is 4.57 Å². The van der Waals surface area contributed by atoms with Crippen molar-refractivity contribution in [2.45, 2.75) is 5.16 Å². The molecule has 0 spiro atoms. The molecule has 0 aliphatic rings. The SMILES string of the molecule is Cn1ccnc1S(C)(C)N. The van der Waals surface area contributed by atoms with Crippen LogP contribution in [0.4, 0.5) is 0 Å². The molecule has 58 valence electrons. The maximum Gasteiger partial charge on any atom is 0.161 e. The summed E-state index contributed by atoms with van der Waals surface area (Å²) in [4.78, 5) is 4.16. The molecule has 1 heterocycles. The summed E-state index contributed by atoms with van der Waals surface area (Å²) < 4.78 is 1.97. The zero-order chi connectivity index (χ0) is 7.78. The molecule has 4 heteroatoms. The van der Waals surface area contributed by atoms with Gasteiger partial charge in [0.2, 0.25) is 0 Å². The van der Waals surface area contributed by atoms with Gasteiger partial charge in [-0.25, -0.2) is 4.98 Å². The molecule has 0 aromatic carbocycles. The molecule has 10 heavy (non-hydrogen) atoms. The summed E-state index contributed by atoms with van der Waals surface area (Å²) in [5.41, 5.74) is 0. The minimum atomic E-state index is -1.14. The fourth-order valence-corrected chi connectivity index (χ4v) is 1.99. The van der Waals surface area contributed by atoms with E-state index < -0.39 is 10.2 Å². The van der Waals surface area contributed by atoms with Crippen molar-refractivity contribution in [3.8, 4) is 0 Å². The lowest BCUT2D eigenvalue weighted by Crippen LogP contribution is -2.11. The number of rotatable bonds is 1. The molecule has 1 aromatic heterocycles. The molecule has 0 atom stereocenters. The van der Waals surface area contributed by atoms with E-state index in [9.17, 15) is 0 Å². The van der Waals surface area contributed by atoms with Crippen LogP contribution in [0.25, 0.3) is 0 Å². The van der Waals surface area contributed by atoms with Crippen molar-refractivity contribution in [3.05, 3.63) is 12.4 Å². The maximum absolute atomic E-state index is 5.90. The van der Waals surface area contributed by atoms with Crippen LogP contribution in [0, 0.1) is 0 Å². The molecule has 0 saturated heterocycles. The highest BCUT2D eigenvalue weighted by Gasteiger charge is 2.12. The van der Waals surface area contributed by atoms with Crippen molar-refractivity contribution < 1.29 is 0 Å². The van der Waals surface area contributed by atoms with E-state index in [2.05, 4.69) is 4.98 Å². The number of aromatic nitrogens is 2. The van der Waals surface area contributed by atoms with Gasteiger partial charge in [-0.15, -0.1) is 10.2 Å². The van der Waals surface area contributed by atoms with Gasteiger partial charge in [0.25, 0.3) is 0 Å². The first kappa shape index (κ1) is 7.63. The Kier molecular flexibility index (Phi) is 1.74. The van der Waals surface area contributed by atoms with Crippen molar-refractivity contribution in [1.29, 1.82) is 0 Å². The van der Waals surface area contributed by atoms with Gasteiger partial charge in [-0.3, -0.25) is 5.14 Å². The van der Waals surface area contributed by atoms with E-state index in [-0.39, 0.29) is 0 Å². The Labute approximate surface area is 62.7 Å². The standard InChI is InChI=1S/C6H13N3S/c1-9-5-4-8-6(9)10(2,3)7/h4-5H,7H2,1-3H3. The van der Waals surface area contributed by atoms with Crippen LogP contribution in [0.1, 0.15) is 0 Å². The Balaban J connectivity index is 3.05. The first-order valence-electron chi connectivity index (χ1n) is 3.00. The van der Waals surface area contributed by atoms with Gasteiger partial charge in [0, 0.05) is 19.4 Å². The number of nitrogens with two attached hydrogens (primary N) is 1. The van der Waals surface area contributed by atoms with E-state index in [0.717, 1.165) is 5.16 Å². The van der Waals surface area contributed by atoms with Gasteiger partial charge in [-0.05, 0) is 12.5 Å². The van der Waals surface area contributed by atoms with Crippen molar-refractivity contribution in [3.63, 3.8) is 0 Å². The summed E-state index contributed by atoms with van der Waals surface area (Å²) >= 11 is 0. The van der Waals surface area contributed by atoms with Crippen LogP contribution in [-0.4, -0.2) is 22.1 Å². The zero-order valence-electron chi connectivity index (χ0n) is 6.53. The maximum atomic E-state index is 5.90. The van der Waals surface area contributed by atoms with Crippen molar-refractivity contribution in [1.82, 2.24) is 9.55 Å². The highest BCUT2D eigenvalue weighted by molar-refractivity contribution is 8.30. The van der Waals surface area contributed by atoms with Crippen LogP contribution >= 0.6 is 10.2 Å².